The Kier molecular flexibility index (Phi) is 5.21. The molecule has 8 nitrogen and oxygen atoms in total. The summed E-state index contributed by atoms with van der Waals surface area (Å²) >= 11 is 0. The Hall–Kier alpha value is -2.90. The number of rotatable bonds is 6. The second kappa shape index (κ2) is 6.88. The quantitative estimate of drug-likeness (QED) is 0.707. The number of benzene rings is 1. The first kappa shape index (κ1) is 15.2. The largest absolute Gasteiger partial charge is 0.479 e. The summed E-state index contributed by atoms with van der Waals surface area (Å²) in [5.74, 6) is -4.72. The molecule has 0 aliphatic carbocycles. The molecule has 0 saturated carbocycles. The molecule has 0 amide bonds. The predicted molar refractivity (Wildman–Crippen MR) is 62.3 cm³/mol. The maximum Gasteiger partial charge on any atom is 0.341 e. The Morgan fingerprint density at radius 2 is 1.15 bits per heavy atom. The Labute approximate surface area is 112 Å². The fraction of sp³-hybridized carbons (Fsp3) is 0.167. The highest BCUT2D eigenvalue weighted by Gasteiger charge is 2.20. The SMILES string of the molecule is O=C(O)COC(=O)c1ccccc1C(=O)OCC(=O)O. The average Bonchev–Trinajstić information content (AvgIpc) is 2.42. The summed E-state index contributed by atoms with van der Waals surface area (Å²) in [4.78, 5) is 43.8. The average molecular weight is 282 g/mol. The molecule has 106 valence electrons. The molecule has 0 atom stereocenters. The van der Waals surface area contributed by atoms with Crippen LogP contribution in [0.3, 0.4) is 0 Å². The van der Waals surface area contributed by atoms with Gasteiger partial charge in [-0.05, 0) is 12.1 Å². The molecule has 0 aliphatic heterocycles. The van der Waals surface area contributed by atoms with Gasteiger partial charge < -0.3 is 19.7 Å². The lowest BCUT2D eigenvalue weighted by Crippen LogP contribution is -2.19. The highest BCUT2D eigenvalue weighted by atomic mass is 16.6. The van der Waals surface area contributed by atoms with Crippen LogP contribution in [-0.2, 0) is 19.1 Å². The van der Waals surface area contributed by atoms with Gasteiger partial charge >= 0.3 is 23.9 Å². The van der Waals surface area contributed by atoms with Crippen molar-refractivity contribution < 1.29 is 38.9 Å². The standard InChI is InChI=1S/C12H10O8/c13-9(14)5-19-11(17)7-3-1-2-4-8(7)12(18)20-6-10(15)16/h1-4H,5-6H2,(H,13,14)(H,15,16). The molecule has 1 aromatic rings. The third-order valence-electron chi connectivity index (χ3n) is 2.02. The third-order valence-corrected chi connectivity index (χ3v) is 2.02. The molecule has 0 fully saturated rings. The number of carbonyl (C=O) groups excluding carboxylic acids is 2. The number of ether oxygens (including phenoxy) is 2. The summed E-state index contributed by atoms with van der Waals surface area (Å²) in [6.07, 6.45) is 0. The zero-order chi connectivity index (χ0) is 15.1. The highest BCUT2D eigenvalue weighted by Crippen LogP contribution is 2.12. The van der Waals surface area contributed by atoms with Gasteiger partial charge in [0.05, 0.1) is 11.1 Å². The Morgan fingerprint density at radius 3 is 1.45 bits per heavy atom. The smallest absolute Gasteiger partial charge is 0.341 e. The third kappa shape index (κ3) is 4.41. The van der Waals surface area contributed by atoms with Crippen LogP contribution in [0.2, 0.25) is 0 Å². The Morgan fingerprint density at radius 1 is 0.800 bits per heavy atom. The summed E-state index contributed by atoms with van der Waals surface area (Å²) in [5.41, 5.74) is -0.409. The maximum absolute atomic E-state index is 11.6. The van der Waals surface area contributed by atoms with Crippen LogP contribution >= 0.6 is 0 Å². The molecule has 1 aromatic carbocycles. The van der Waals surface area contributed by atoms with Gasteiger partial charge in [0, 0.05) is 0 Å². The molecule has 0 unspecified atom stereocenters. The molecule has 0 saturated heterocycles. The van der Waals surface area contributed by atoms with Crippen molar-refractivity contribution in [3.63, 3.8) is 0 Å². The summed E-state index contributed by atoms with van der Waals surface area (Å²) < 4.78 is 8.89. The second-order valence-electron chi connectivity index (χ2n) is 3.49. The molecular weight excluding hydrogens is 272 g/mol. The number of aliphatic carboxylic acids is 2. The van der Waals surface area contributed by atoms with Crippen molar-refractivity contribution in [2.45, 2.75) is 0 Å². The minimum atomic E-state index is -1.34. The van der Waals surface area contributed by atoms with Crippen molar-refractivity contribution >= 4 is 23.9 Å². The number of esters is 2. The van der Waals surface area contributed by atoms with Crippen LogP contribution in [0.4, 0.5) is 0 Å². The zero-order valence-corrected chi connectivity index (χ0v) is 10.1. The van der Waals surface area contributed by atoms with Crippen LogP contribution < -0.4 is 0 Å². The summed E-state index contributed by atoms with van der Waals surface area (Å²) in [5, 5.41) is 16.8. The van der Waals surface area contributed by atoms with Crippen molar-refractivity contribution in [2.75, 3.05) is 13.2 Å². The van der Waals surface area contributed by atoms with E-state index >= 15 is 0 Å². The molecule has 0 aliphatic rings. The molecule has 0 bridgehead atoms. The van der Waals surface area contributed by atoms with Crippen LogP contribution in [0.1, 0.15) is 20.7 Å². The van der Waals surface area contributed by atoms with E-state index < -0.39 is 37.1 Å². The summed E-state index contributed by atoms with van der Waals surface area (Å²) in [7, 11) is 0. The number of hydrogen-bond donors (Lipinski definition) is 2. The number of carboxylic acid groups (broad SMARTS) is 2. The van der Waals surface area contributed by atoms with Gasteiger partial charge in [0.25, 0.3) is 0 Å². The van der Waals surface area contributed by atoms with Crippen LogP contribution in [0, 0.1) is 0 Å². The van der Waals surface area contributed by atoms with E-state index in [1.54, 1.807) is 0 Å². The molecule has 1 rings (SSSR count). The maximum atomic E-state index is 11.6. The van der Waals surface area contributed by atoms with Gasteiger partial charge in [0.1, 0.15) is 0 Å². The van der Waals surface area contributed by atoms with Gasteiger partial charge in [-0.25, -0.2) is 19.2 Å². The monoisotopic (exact) mass is 282 g/mol. The fourth-order valence-electron chi connectivity index (χ4n) is 1.25. The molecule has 0 spiro atoms. The highest BCUT2D eigenvalue weighted by molar-refractivity contribution is 6.03. The molecule has 0 radical (unpaired) electrons. The van der Waals surface area contributed by atoms with Crippen molar-refractivity contribution in [3.05, 3.63) is 35.4 Å². The minimum absolute atomic E-state index is 0.205. The van der Waals surface area contributed by atoms with E-state index in [2.05, 4.69) is 9.47 Å². The number of hydrogen-bond acceptors (Lipinski definition) is 6. The van der Waals surface area contributed by atoms with E-state index in [1.807, 2.05) is 0 Å². The van der Waals surface area contributed by atoms with E-state index in [9.17, 15) is 19.2 Å². The topological polar surface area (TPSA) is 127 Å². The lowest BCUT2D eigenvalue weighted by atomic mass is 10.1. The van der Waals surface area contributed by atoms with Gasteiger partial charge in [-0.3, -0.25) is 0 Å². The van der Waals surface area contributed by atoms with Gasteiger partial charge in [0.15, 0.2) is 13.2 Å². The second-order valence-corrected chi connectivity index (χ2v) is 3.49. The van der Waals surface area contributed by atoms with Crippen molar-refractivity contribution in [1.29, 1.82) is 0 Å². The van der Waals surface area contributed by atoms with Gasteiger partial charge in [-0.15, -0.1) is 0 Å². The van der Waals surface area contributed by atoms with Crippen LogP contribution in [0.15, 0.2) is 24.3 Å². The van der Waals surface area contributed by atoms with Gasteiger partial charge in [-0.2, -0.15) is 0 Å². The van der Waals surface area contributed by atoms with Gasteiger partial charge in [0.2, 0.25) is 0 Å². The summed E-state index contributed by atoms with van der Waals surface area (Å²) in [6.45, 7) is -1.70. The minimum Gasteiger partial charge on any atom is -0.479 e. The normalized spacial score (nSPS) is 9.60. The van der Waals surface area contributed by atoms with Crippen LogP contribution in [-0.4, -0.2) is 47.3 Å². The number of carboxylic acids is 2. The first-order chi connectivity index (χ1) is 9.41. The predicted octanol–water partition coefficient (Wildman–Crippen LogP) is 0.169. The molecule has 0 aromatic heterocycles. The molecule has 2 N–H and O–H groups in total. The van der Waals surface area contributed by atoms with E-state index in [0.29, 0.717) is 0 Å². The van der Waals surface area contributed by atoms with Gasteiger partial charge in [-0.1, -0.05) is 12.1 Å². The lowest BCUT2D eigenvalue weighted by molar-refractivity contribution is -0.141. The molecule has 20 heavy (non-hydrogen) atoms. The molecule has 8 heteroatoms. The van der Waals surface area contributed by atoms with E-state index in [0.717, 1.165) is 0 Å². The summed E-state index contributed by atoms with van der Waals surface area (Å²) in [6, 6.07) is 5.35. The van der Waals surface area contributed by atoms with Crippen molar-refractivity contribution in [3.8, 4) is 0 Å². The first-order valence-electron chi connectivity index (χ1n) is 5.28. The Bertz CT molecular complexity index is 499. The van der Waals surface area contributed by atoms with E-state index in [4.69, 9.17) is 10.2 Å². The van der Waals surface area contributed by atoms with E-state index in [1.165, 1.54) is 24.3 Å². The Balaban J connectivity index is 2.87. The van der Waals surface area contributed by atoms with E-state index in [-0.39, 0.29) is 11.1 Å². The molecular formula is C12H10O8. The number of carbonyl (C=O) groups is 4. The lowest BCUT2D eigenvalue weighted by Gasteiger charge is -2.07. The van der Waals surface area contributed by atoms with Crippen molar-refractivity contribution in [2.24, 2.45) is 0 Å². The first-order valence-corrected chi connectivity index (χ1v) is 5.28. The fourth-order valence-corrected chi connectivity index (χ4v) is 1.25. The zero-order valence-electron chi connectivity index (χ0n) is 10.1. The van der Waals surface area contributed by atoms with Crippen LogP contribution in [0.25, 0.3) is 0 Å². The van der Waals surface area contributed by atoms with Crippen molar-refractivity contribution in [1.82, 2.24) is 0 Å². The van der Waals surface area contributed by atoms with Crippen LogP contribution in [0.5, 0.6) is 0 Å². The molecule has 0 heterocycles.